The highest BCUT2D eigenvalue weighted by molar-refractivity contribution is 7.74. The van der Waals surface area contributed by atoms with Gasteiger partial charge in [-0.15, -0.1) is 0 Å². The molecule has 4 nitrogen and oxygen atoms in total. The number of methoxy groups -OCH3 is 4. The summed E-state index contributed by atoms with van der Waals surface area (Å²) in [5.74, 6) is 3.85. The van der Waals surface area contributed by atoms with E-state index in [1.807, 2.05) is 24.3 Å². The van der Waals surface area contributed by atoms with Crippen molar-refractivity contribution in [2.24, 2.45) is 0 Å². The Morgan fingerprint density at radius 3 is 0.977 bits per heavy atom. The van der Waals surface area contributed by atoms with Crippen molar-refractivity contribution in [2.45, 2.75) is 5.92 Å². The van der Waals surface area contributed by atoms with Gasteiger partial charge in [-0.2, -0.15) is 0 Å². The van der Waals surface area contributed by atoms with E-state index in [-0.39, 0.29) is 5.92 Å². The largest absolute Gasteiger partial charge is 0.496 e. The minimum Gasteiger partial charge on any atom is -0.496 e. The number of ether oxygens (including phenoxy) is 4. The zero-order chi connectivity index (χ0) is 30.0. The van der Waals surface area contributed by atoms with Gasteiger partial charge < -0.3 is 18.9 Å². The Morgan fingerprint density at radius 1 is 0.395 bits per heavy atom. The molecule has 220 valence electrons. The van der Waals surface area contributed by atoms with Crippen LogP contribution in [0.5, 0.6) is 23.0 Å². The Hall–Kier alpha value is -3.84. The molecule has 0 spiro atoms. The van der Waals surface area contributed by atoms with E-state index >= 15 is 0 Å². The molecule has 5 aromatic rings. The Bertz CT molecular complexity index is 1410. The average Bonchev–Trinajstić information content (AvgIpc) is 3.09. The van der Waals surface area contributed by atoms with Gasteiger partial charge in [0.05, 0.1) is 28.4 Å². The van der Waals surface area contributed by atoms with Gasteiger partial charge in [0, 0.05) is 21.2 Å². The second-order valence-electron chi connectivity index (χ2n) is 10.0. The molecule has 0 unspecified atom stereocenters. The third-order valence-corrected chi connectivity index (χ3v) is 13.0. The van der Waals surface area contributed by atoms with Gasteiger partial charge in [0.1, 0.15) is 23.0 Å². The standard InChI is InChI=1S/C37H38O4P2/c1-38-30-18-8-12-22-34(30)42(35-23-13-9-19-31(35)39-2)26-29(28-16-6-5-7-17-28)27-43(36-24-14-10-20-32(36)40-3)37-25-15-11-21-33(37)41-4/h5-25,29H,26-27H2,1-4H3. The van der Waals surface area contributed by atoms with Crippen LogP contribution in [-0.4, -0.2) is 40.8 Å². The molecule has 0 aliphatic rings. The maximum Gasteiger partial charge on any atom is 0.126 e. The monoisotopic (exact) mass is 608 g/mol. The number of hydrogen-bond acceptors (Lipinski definition) is 4. The molecule has 6 heteroatoms. The number of rotatable bonds is 13. The van der Waals surface area contributed by atoms with E-state index in [9.17, 15) is 0 Å². The molecule has 0 N–H and O–H groups in total. The van der Waals surface area contributed by atoms with E-state index in [1.54, 1.807) is 28.4 Å². The first kappa shape index (κ1) is 30.6. The van der Waals surface area contributed by atoms with Crippen LogP contribution < -0.4 is 40.2 Å². The molecule has 0 fully saturated rings. The van der Waals surface area contributed by atoms with E-state index in [0.717, 1.165) is 35.3 Å². The van der Waals surface area contributed by atoms with Gasteiger partial charge in [0.2, 0.25) is 0 Å². The summed E-state index contributed by atoms with van der Waals surface area (Å²) in [6, 6.07) is 44.6. The van der Waals surface area contributed by atoms with Crippen molar-refractivity contribution in [3.05, 3.63) is 133 Å². The lowest BCUT2D eigenvalue weighted by molar-refractivity contribution is 0.417. The van der Waals surface area contributed by atoms with Crippen LogP contribution >= 0.6 is 15.8 Å². The highest BCUT2D eigenvalue weighted by Gasteiger charge is 2.30. The van der Waals surface area contributed by atoms with E-state index in [2.05, 4.69) is 103 Å². The minimum atomic E-state index is -0.860. The van der Waals surface area contributed by atoms with Crippen LogP contribution in [0, 0.1) is 0 Å². The summed E-state index contributed by atoms with van der Waals surface area (Å²) in [7, 11) is 5.30. The van der Waals surface area contributed by atoms with Crippen molar-refractivity contribution in [1.82, 2.24) is 0 Å². The molecule has 0 heterocycles. The zero-order valence-corrected chi connectivity index (χ0v) is 26.9. The summed E-state index contributed by atoms with van der Waals surface area (Å²) in [6.07, 6.45) is 1.84. The third kappa shape index (κ3) is 7.04. The third-order valence-electron chi connectivity index (χ3n) is 7.58. The fourth-order valence-electron chi connectivity index (χ4n) is 5.50. The first-order chi connectivity index (χ1) is 21.2. The Kier molecular flexibility index (Phi) is 10.7. The minimum absolute atomic E-state index is 0.225. The predicted octanol–water partition coefficient (Wildman–Crippen LogP) is 7.07. The number of hydrogen-bond donors (Lipinski definition) is 0. The van der Waals surface area contributed by atoms with Gasteiger partial charge in [-0.3, -0.25) is 0 Å². The van der Waals surface area contributed by atoms with Crippen molar-refractivity contribution in [3.8, 4) is 23.0 Å². The van der Waals surface area contributed by atoms with Crippen LogP contribution in [0.2, 0.25) is 0 Å². The van der Waals surface area contributed by atoms with Crippen molar-refractivity contribution in [1.29, 1.82) is 0 Å². The van der Waals surface area contributed by atoms with Crippen LogP contribution in [0.25, 0.3) is 0 Å². The van der Waals surface area contributed by atoms with Crippen LogP contribution in [0.3, 0.4) is 0 Å². The van der Waals surface area contributed by atoms with E-state index in [1.165, 1.54) is 26.8 Å². The lowest BCUT2D eigenvalue weighted by Gasteiger charge is -2.31. The Morgan fingerprint density at radius 2 is 0.674 bits per heavy atom. The molecule has 0 aromatic heterocycles. The molecular weight excluding hydrogens is 570 g/mol. The summed E-state index contributed by atoms with van der Waals surface area (Å²) in [4.78, 5) is 0. The van der Waals surface area contributed by atoms with Crippen LogP contribution in [0.1, 0.15) is 11.5 Å². The highest BCUT2D eigenvalue weighted by atomic mass is 31.1. The molecule has 0 atom stereocenters. The average molecular weight is 609 g/mol. The number of para-hydroxylation sites is 4. The maximum atomic E-state index is 5.94. The second kappa shape index (κ2) is 15.1. The smallest absolute Gasteiger partial charge is 0.126 e. The highest BCUT2D eigenvalue weighted by Crippen LogP contribution is 2.49. The summed E-state index contributed by atoms with van der Waals surface area (Å²) in [6.45, 7) is 0. The van der Waals surface area contributed by atoms with Crippen LogP contribution in [0.4, 0.5) is 0 Å². The van der Waals surface area contributed by atoms with E-state index in [0.29, 0.717) is 0 Å². The normalized spacial score (nSPS) is 11.1. The predicted molar refractivity (Wildman–Crippen MR) is 183 cm³/mol. The molecule has 0 amide bonds. The second-order valence-corrected chi connectivity index (χ2v) is 14.4. The van der Waals surface area contributed by atoms with Gasteiger partial charge in [-0.05, 0) is 63.9 Å². The summed E-state index contributed by atoms with van der Waals surface area (Å²) in [5.41, 5.74) is 1.32. The van der Waals surface area contributed by atoms with Gasteiger partial charge >= 0.3 is 0 Å². The van der Waals surface area contributed by atoms with Crippen molar-refractivity contribution < 1.29 is 18.9 Å². The summed E-state index contributed by atoms with van der Waals surface area (Å²) >= 11 is 0. The maximum absolute atomic E-state index is 5.94. The molecule has 0 aliphatic heterocycles. The van der Waals surface area contributed by atoms with Crippen molar-refractivity contribution in [3.63, 3.8) is 0 Å². The zero-order valence-electron chi connectivity index (χ0n) is 25.1. The first-order valence-electron chi connectivity index (χ1n) is 14.3. The molecule has 43 heavy (non-hydrogen) atoms. The Balaban J connectivity index is 1.67. The Labute approximate surface area is 258 Å². The lowest BCUT2D eigenvalue weighted by Crippen LogP contribution is -2.25. The fourth-order valence-corrected chi connectivity index (χ4v) is 11.4. The molecule has 0 aliphatic carbocycles. The quantitative estimate of drug-likeness (QED) is 0.134. The van der Waals surface area contributed by atoms with Gasteiger partial charge in [0.15, 0.2) is 0 Å². The summed E-state index contributed by atoms with van der Waals surface area (Å²) < 4.78 is 23.7. The number of benzene rings is 5. The summed E-state index contributed by atoms with van der Waals surface area (Å²) in [5, 5.41) is 4.85. The van der Waals surface area contributed by atoms with E-state index in [4.69, 9.17) is 18.9 Å². The molecule has 0 bridgehead atoms. The molecule has 5 rings (SSSR count). The van der Waals surface area contributed by atoms with Gasteiger partial charge in [-0.1, -0.05) is 103 Å². The molecule has 0 saturated heterocycles. The van der Waals surface area contributed by atoms with Crippen LogP contribution in [0.15, 0.2) is 127 Å². The topological polar surface area (TPSA) is 36.9 Å². The van der Waals surface area contributed by atoms with Gasteiger partial charge in [-0.25, -0.2) is 0 Å². The molecule has 5 aromatic carbocycles. The van der Waals surface area contributed by atoms with Crippen molar-refractivity contribution in [2.75, 3.05) is 40.8 Å². The molecule has 0 saturated carbocycles. The molecule has 0 radical (unpaired) electrons. The van der Waals surface area contributed by atoms with Gasteiger partial charge in [0.25, 0.3) is 0 Å². The SMILES string of the molecule is COc1ccccc1P(CC(CP(c1ccccc1OC)c1ccccc1OC)c1ccccc1)c1ccccc1OC. The first-order valence-corrected chi connectivity index (χ1v) is 17.4. The molecular formula is C37H38O4P2. The van der Waals surface area contributed by atoms with Crippen LogP contribution in [-0.2, 0) is 0 Å². The van der Waals surface area contributed by atoms with Crippen molar-refractivity contribution >= 4 is 37.1 Å². The lowest BCUT2D eigenvalue weighted by atomic mass is 10.0. The fraction of sp³-hybridized carbons (Fsp3) is 0.189. The van der Waals surface area contributed by atoms with E-state index < -0.39 is 15.8 Å².